The normalized spacial score (nSPS) is 9.31. The van der Waals surface area contributed by atoms with Crippen LogP contribution in [0.2, 0.25) is 0 Å². The quantitative estimate of drug-likeness (QED) is 0.351. The number of primary amides is 1. The Morgan fingerprint density at radius 3 is 2.46 bits per heavy atom. The summed E-state index contributed by atoms with van der Waals surface area (Å²) in [4.78, 5) is 10.2. The molecule has 0 spiro atoms. The van der Waals surface area contributed by atoms with Gasteiger partial charge in [-0.2, -0.15) is 15.6 Å². The zero-order valence-corrected chi connectivity index (χ0v) is 6.90. The number of urea groups is 1. The molecular formula is C7H7N5O. The van der Waals surface area contributed by atoms with Crippen molar-refractivity contribution in [2.45, 2.75) is 6.92 Å². The Kier molecular flexibility index (Phi) is 4.37. The average molecular weight is 177 g/mol. The van der Waals surface area contributed by atoms with Crippen LogP contribution in [0.5, 0.6) is 0 Å². The zero-order valence-electron chi connectivity index (χ0n) is 6.90. The van der Waals surface area contributed by atoms with E-state index in [2.05, 4.69) is 5.10 Å². The van der Waals surface area contributed by atoms with Crippen LogP contribution < -0.4 is 11.2 Å². The molecule has 0 bridgehead atoms. The third kappa shape index (κ3) is 4.99. The summed E-state index contributed by atoms with van der Waals surface area (Å²) in [5.41, 5.74) is 6.92. The fourth-order valence-corrected chi connectivity index (χ4v) is 0.474. The van der Waals surface area contributed by atoms with Crippen LogP contribution in [-0.4, -0.2) is 11.7 Å². The molecule has 0 aromatic carbocycles. The van der Waals surface area contributed by atoms with Gasteiger partial charge in [0.05, 0.1) is 5.71 Å². The molecule has 13 heavy (non-hydrogen) atoms. The highest BCUT2D eigenvalue weighted by Gasteiger charge is 1.93. The summed E-state index contributed by atoms with van der Waals surface area (Å²) < 4.78 is 0. The molecule has 0 aromatic rings. The Morgan fingerprint density at radius 2 is 2.08 bits per heavy atom. The molecule has 0 unspecified atom stereocenters. The van der Waals surface area contributed by atoms with Gasteiger partial charge in [0.15, 0.2) is 0 Å². The van der Waals surface area contributed by atoms with E-state index in [1.165, 1.54) is 13.0 Å². The van der Waals surface area contributed by atoms with Crippen molar-refractivity contribution in [3.8, 4) is 12.1 Å². The van der Waals surface area contributed by atoms with Crippen molar-refractivity contribution in [3.63, 3.8) is 0 Å². The highest BCUT2D eigenvalue weighted by molar-refractivity contribution is 5.95. The van der Waals surface area contributed by atoms with Gasteiger partial charge in [-0.05, 0) is 13.0 Å². The Balaban J connectivity index is 4.47. The molecule has 6 heteroatoms. The maximum absolute atomic E-state index is 10.2. The van der Waals surface area contributed by atoms with E-state index in [9.17, 15) is 4.79 Å². The molecule has 3 N–H and O–H groups in total. The van der Waals surface area contributed by atoms with E-state index in [4.69, 9.17) is 16.3 Å². The van der Waals surface area contributed by atoms with Crippen molar-refractivity contribution >= 4 is 11.7 Å². The van der Waals surface area contributed by atoms with Gasteiger partial charge in [-0.25, -0.2) is 10.2 Å². The van der Waals surface area contributed by atoms with Gasteiger partial charge in [0.25, 0.3) is 0 Å². The predicted molar refractivity (Wildman–Crippen MR) is 45.1 cm³/mol. The van der Waals surface area contributed by atoms with Crippen molar-refractivity contribution in [3.05, 3.63) is 11.6 Å². The second-order valence-corrected chi connectivity index (χ2v) is 2.01. The standard InChI is InChI=1S/C7H7N5O/c1-5(11-12-7(10)13)2-6(3-8)4-9/h2H,1H3,(H3,10,12,13)/b11-5-. The van der Waals surface area contributed by atoms with Gasteiger partial charge in [-0.15, -0.1) is 0 Å². The maximum Gasteiger partial charge on any atom is 0.332 e. The predicted octanol–water partition coefficient (Wildman–Crippen LogP) is 0.00416. The summed E-state index contributed by atoms with van der Waals surface area (Å²) in [5, 5.41) is 20.2. The number of nitriles is 2. The summed E-state index contributed by atoms with van der Waals surface area (Å²) >= 11 is 0. The van der Waals surface area contributed by atoms with Crippen molar-refractivity contribution < 1.29 is 4.79 Å². The Morgan fingerprint density at radius 1 is 1.54 bits per heavy atom. The summed E-state index contributed by atoms with van der Waals surface area (Å²) in [6.45, 7) is 1.52. The Hall–Kier alpha value is -2.34. The van der Waals surface area contributed by atoms with Gasteiger partial charge in [0.1, 0.15) is 17.7 Å². The molecule has 0 aliphatic rings. The van der Waals surface area contributed by atoms with E-state index in [0.717, 1.165) is 0 Å². The first-order chi connectivity index (χ1) is 6.10. The molecule has 0 heterocycles. The molecule has 0 fully saturated rings. The number of hydrazone groups is 1. The lowest BCUT2D eigenvalue weighted by atomic mass is 10.2. The van der Waals surface area contributed by atoms with Crippen molar-refractivity contribution in [2.24, 2.45) is 10.8 Å². The molecule has 6 nitrogen and oxygen atoms in total. The minimum Gasteiger partial charge on any atom is -0.350 e. The number of nitrogens with zero attached hydrogens (tertiary/aromatic N) is 3. The first kappa shape index (κ1) is 10.7. The number of hydrogen-bond donors (Lipinski definition) is 2. The van der Waals surface area contributed by atoms with Gasteiger partial charge in [-0.1, -0.05) is 0 Å². The number of nitrogens with one attached hydrogen (secondary N) is 1. The third-order valence-corrected chi connectivity index (χ3v) is 0.937. The topological polar surface area (TPSA) is 115 Å². The molecule has 66 valence electrons. The van der Waals surface area contributed by atoms with Gasteiger partial charge in [0, 0.05) is 0 Å². The molecule has 0 aliphatic heterocycles. The van der Waals surface area contributed by atoms with Crippen LogP contribution in [0.1, 0.15) is 6.92 Å². The zero-order chi connectivity index (χ0) is 10.3. The van der Waals surface area contributed by atoms with Crippen LogP contribution in [0.3, 0.4) is 0 Å². The molecule has 0 saturated heterocycles. The first-order valence-corrected chi connectivity index (χ1v) is 3.21. The first-order valence-electron chi connectivity index (χ1n) is 3.21. The fraction of sp³-hybridized carbons (Fsp3) is 0.143. The van der Waals surface area contributed by atoms with Gasteiger partial charge >= 0.3 is 6.03 Å². The molecule has 0 aromatic heterocycles. The average Bonchev–Trinajstić information content (AvgIpc) is 2.10. The van der Waals surface area contributed by atoms with E-state index in [1.807, 2.05) is 5.43 Å². The highest BCUT2D eigenvalue weighted by atomic mass is 16.2. The number of hydrogen-bond acceptors (Lipinski definition) is 4. The minimum absolute atomic E-state index is 0.0903. The van der Waals surface area contributed by atoms with Crippen LogP contribution in [0, 0.1) is 22.7 Å². The summed E-state index contributed by atoms with van der Waals surface area (Å²) in [6, 6.07) is 2.49. The van der Waals surface area contributed by atoms with Crippen LogP contribution in [0.4, 0.5) is 4.79 Å². The molecule has 0 aliphatic carbocycles. The molecule has 2 amide bonds. The lowest BCUT2D eigenvalue weighted by Crippen LogP contribution is -2.25. The highest BCUT2D eigenvalue weighted by Crippen LogP contribution is 1.90. The number of nitrogens with two attached hydrogens (primary N) is 1. The second-order valence-electron chi connectivity index (χ2n) is 2.01. The molecule has 0 saturated carbocycles. The van der Waals surface area contributed by atoms with Crippen LogP contribution >= 0.6 is 0 Å². The maximum atomic E-state index is 10.2. The summed E-state index contributed by atoms with van der Waals surface area (Å²) in [6.07, 6.45) is 1.23. The van der Waals surface area contributed by atoms with E-state index in [1.54, 1.807) is 12.1 Å². The Bertz CT molecular complexity index is 325. The summed E-state index contributed by atoms with van der Waals surface area (Å²) in [5.74, 6) is 0. The fourth-order valence-electron chi connectivity index (χ4n) is 0.474. The minimum atomic E-state index is -0.803. The molecular weight excluding hydrogens is 170 g/mol. The monoisotopic (exact) mass is 177 g/mol. The van der Waals surface area contributed by atoms with E-state index in [0.29, 0.717) is 5.71 Å². The number of carbonyl (C=O) groups excluding carboxylic acids is 1. The van der Waals surface area contributed by atoms with Crippen LogP contribution in [0.15, 0.2) is 16.8 Å². The van der Waals surface area contributed by atoms with Crippen LogP contribution in [0.25, 0.3) is 0 Å². The molecule has 0 radical (unpaired) electrons. The number of allylic oxidation sites excluding steroid dienone is 2. The molecule has 0 rings (SSSR count). The van der Waals surface area contributed by atoms with E-state index < -0.39 is 6.03 Å². The second kappa shape index (κ2) is 5.33. The Labute approximate surface area is 74.9 Å². The lowest BCUT2D eigenvalue weighted by molar-refractivity contribution is 0.249. The summed E-state index contributed by atoms with van der Waals surface area (Å²) in [7, 11) is 0. The largest absolute Gasteiger partial charge is 0.350 e. The van der Waals surface area contributed by atoms with Crippen LogP contribution in [-0.2, 0) is 0 Å². The smallest absolute Gasteiger partial charge is 0.332 e. The van der Waals surface area contributed by atoms with Crippen molar-refractivity contribution in [1.82, 2.24) is 5.43 Å². The van der Waals surface area contributed by atoms with Gasteiger partial charge < -0.3 is 5.73 Å². The third-order valence-electron chi connectivity index (χ3n) is 0.937. The van der Waals surface area contributed by atoms with Gasteiger partial charge in [0.2, 0.25) is 0 Å². The number of amides is 2. The van der Waals surface area contributed by atoms with Crippen molar-refractivity contribution in [2.75, 3.05) is 0 Å². The lowest BCUT2D eigenvalue weighted by Gasteiger charge is -1.92. The number of carbonyl (C=O) groups is 1. The SMILES string of the molecule is C/C(C=C(C#N)C#N)=N/NC(N)=O. The van der Waals surface area contributed by atoms with E-state index in [-0.39, 0.29) is 5.57 Å². The number of rotatable bonds is 2. The molecule has 0 atom stereocenters. The van der Waals surface area contributed by atoms with Crippen molar-refractivity contribution in [1.29, 1.82) is 10.5 Å². The van der Waals surface area contributed by atoms with Gasteiger partial charge in [-0.3, -0.25) is 0 Å². The van der Waals surface area contributed by atoms with E-state index >= 15 is 0 Å².